The number of nitrogens with zero attached hydrogens (tertiary/aromatic N) is 2. The summed E-state index contributed by atoms with van der Waals surface area (Å²) in [6.45, 7) is 0. The Morgan fingerprint density at radius 2 is 2.29 bits per heavy atom. The van der Waals surface area contributed by atoms with E-state index in [1.54, 1.807) is 17.3 Å². The van der Waals surface area contributed by atoms with Crippen LogP contribution in [0.25, 0.3) is 11.1 Å². The van der Waals surface area contributed by atoms with Gasteiger partial charge in [0, 0.05) is 41.0 Å². The number of fused-ring (bicyclic) bond motifs is 3. The van der Waals surface area contributed by atoms with Crippen LogP contribution in [0.2, 0.25) is 0 Å². The third-order valence-electron chi connectivity index (χ3n) is 6.78. The molecule has 1 aliphatic carbocycles. The van der Waals surface area contributed by atoms with Gasteiger partial charge < -0.3 is 15.5 Å². The van der Waals surface area contributed by atoms with Gasteiger partial charge in [0.2, 0.25) is 11.8 Å². The molecule has 2 aliphatic heterocycles. The number of carbonyl (C=O) groups excluding carboxylic acids is 2. The second-order valence-electron chi connectivity index (χ2n) is 8.67. The third-order valence-corrected chi connectivity index (χ3v) is 7.76. The number of nitriles is 1. The Hall–Kier alpha value is -2.76. The lowest BCUT2D eigenvalue weighted by molar-refractivity contribution is -0.124. The molecule has 4 unspecified atom stereocenters. The Bertz CT molecular complexity index is 1110. The summed E-state index contributed by atoms with van der Waals surface area (Å²) >= 11 is 1.25. The van der Waals surface area contributed by atoms with Gasteiger partial charge in [-0.15, -0.1) is 11.3 Å². The summed E-state index contributed by atoms with van der Waals surface area (Å²) in [5, 5.41) is 17.4. The van der Waals surface area contributed by atoms with Crippen molar-refractivity contribution in [3.05, 3.63) is 39.8 Å². The van der Waals surface area contributed by atoms with Gasteiger partial charge >= 0.3 is 0 Å². The van der Waals surface area contributed by atoms with Crippen LogP contribution in [0.4, 0.5) is 10.1 Å². The highest BCUT2D eigenvalue weighted by Crippen LogP contribution is 2.37. The van der Waals surface area contributed by atoms with E-state index in [1.165, 1.54) is 11.3 Å². The SMILES string of the molecule is CN1C(=O)Cc2ccc(-c3csc(CC(C#N)NC(=O)C4NC5CCC4C5)c3F)cc21. The number of nitrogens with one attached hydrogen (secondary N) is 2. The van der Waals surface area contributed by atoms with Gasteiger partial charge in [0.15, 0.2) is 0 Å². The van der Waals surface area contributed by atoms with E-state index in [2.05, 4.69) is 16.7 Å². The predicted octanol–water partition coefficient (Wildman–Crippen LogP) is 2.76. The normalized spacial score (nSPS) is 24.9. The quantitative estimate of drug-likeness (QED) is 0.752. The smallest absolute Gasteiger partial charge is 0.238 e. The van der Waals surface area contributed by atoms with Crippen molar-refractivity contribution in [1.29, 1.82) is 5.26 Å². The van der Waals surface area contributed by atoms with Crippen molar-refractivity contribution in [2.24, 2.45) is 5.92 Å². The van der Waals surface area contributed by atoms with Crippen LogP contribution in [0.3, 0.4) is 0 Å². The lowest BCUT2D eigenvalue weighted by Gasteiger charge is -2.23. The highest BCUT2D eigenvalue weighted by atomic mass is 32.1. The van der Waals surface area contributed by atoms with Gasteiger partial charge in [-0.3, -0.25) is 9.59 Å². The second-order valence-corrected chi connectivity index (χ2v) is 9.63. The lowest BCUT2D eigenvalue weighted by atomic mass is 9.99. The minimum Gasteiger partial charge on any atom is -0.339 e. The molecule has 2 fully saturated rings. The Kier molecular flexibility index (Phi) is 5.03. The molecule has 2 N–H and O–H groups in total. The molecule has 0 radical (unpaired) electrons. The highest BCUT2D eigenvalue weighted by molar-refractivity contribution is 7.10. The fourth-order valence-corrected chi connectivity index (χ4v) is 6.03. The average Bonchev–Trinajstić information content (AvgIpc) is 3.54. The molecule has 3 aliphatic rings. The van der Waals surface area contributed by atoms with E-state index in [9.17, 15) is 14.9 Å². The molecule has 0 spiro atoms. The molecule has 6 nitrogen and oxygen atoms in total. The number of benzene rings is 1. The Balaban J connectivity index is 1.30. The lowest BCUT2D eigenvalue weighted by Crippen LogP contribution is -2.50. The van der Waals surface area contributed by atoms with Gasteiger partial charge in [-0.2, -0.15) is 5.26 Å². The van der Waals surface area contributed by atoms with Gasteiger partial charge in [-0.1, -0.05) is 12.1 Å². The molecule has 8 heteroatoms. The summed E-state index contributed by atoms with van der Waals surface area (Å²) < 4.78 is 15.2. The number of halogens is 1. The van der Waals surface area contributed by atoms with Crippen molar-refractivity contribution in [1.82, 2.24) is 10.6 Å². The number of piperidine rings is 1. The van der Waals surface area contributed by atoms with Crippen molar-refractivity contribution in [3.8, 4) is 17.2 Å². The molecule has 1 aromatic heterocycles. The Morgan fingerprint density at radius 1 is 1.45 bits per heavy atom. The zero-order valence-corrected chi connectivity index (χ0v) is 18.0. The van der Waals surface area contributed by atoms with Crippen LogP contribution >= 0.6 is 11.3 Å². The molecule has 160 valence electrons. The van der Waals surface area contributed by atoms with Crippen LogP contribution < -0.4 is 15.5 Å². The zero-order chi connectivity index (χ0) is 21.7. The van der Waals surface area contributed by atoms with E-state index in [1.807, 2.05) is 18.2 Å². The van der Waals surface area contributed by atoms with E-state index >= 15 is 4.39 Å². The number of hydrogen-bond donors (Lipinski definition) is 2. The summed E-state index contributed by atoms with van der Waals surface area (Å²) in [5.41, 5.74) is 2.89. The largest absolute Gasteiger partial charge is 0.339 e. The Morgan fingerprint density at radius 3 is 3.00 bits per heavy atom. The maximum absolute atomic E-state index is 15.2. The molecule has 31 heavy (non-hydrogen) atoms. The molecular formula is C23H23FN4O2S. The van der Waals surface area contributed by atoms with Crippen molar-refractivity contribution in [3.63, 3.8) is 0 Å². The first-order valence-electron chi connectivity index (χ1n) is 10.6. The minimum atomic E-state index is -0.779. The number of anilines is 1. The van der Waals surface area contributed by atoms with E-state index in [0.717, 1.165) is 30.5 Å². The molecule has 1 aromatic carbocycles. The summed E-state index contributed by atoms with van der Waals surface area (Å²) in [6, 6.07) is 7.01. The maximum atomic E-state index is 15.2. The zero-order valence-electron chi connectivity index (χ0n) is 17.2. The van der Waals surface area contributed by atoms with Crippen LogP contribution in [0.1, 0.15) is 29.7 Å². The van der Waals surface area contributed by atoms with Gasteiger partial charge in [0.25, 0.3) is 0 Å². The Labute approximate surface area is 184 Å². The molecule has 4 atom stereocenters. The first kappa shape index (κ1) is 20.2. The van der Waals surface area contributed by atoms with Crippen molar-refractivity contribution < 1.29 is 14.0 Å². The second kappa shape index (κ2) is 7.74. The number of carbonyl (C=O) groups is 2. The highest BCUT2D eigenvalue weighted by Gasteiger charge is 2.43. The predicted molar refractivity (Wildman–Crippen MR) is 116 cm³/mol. The maximum Gasteiger partial charge on any atom is 0.238 e. The van der Waals surface area contributed by atoms with Gasteiger partial charge in [0.1, 0.15) is 11.9 Å². The number of hydrogen-bond acceptors (Lipinski definition) is 5. The average molecular weight is 439 g/mol. The van der Waals surface area contributed by atoms with E-state index < -0.39 is 6.04 Å². The van der Waals surface area contributed by atoms with E-state index in [0.29, 0.717) is 34.4 Å². The summed E-state index contributed by atoms with van der Waals surface area (Å²) in [7, 11) is 1.72. The third kappa shape index (κ3) is 3.52. The molecule has 2 aromatic rings. The topological polar surface area (TPSA) is 85.2 Å². The molecule has 3 heterocycles. The van der Waals surface area contributed by atoms with Crippen LogP contribution in [-0.2, 0) is 22.4 Å². The molecule has 2 amide bonds. The van der Waals surface area contributed by atoms with Crippen molar-refractivity contribution >= 4 is 28.8 Å². The van der Waals surface area contributed by atoms with Gasteiger partial charge in [-0.25, -0.2) is 4.39 Å². The van der Waals surface area contributed by atoms with E-state index in [-0.39, 0.29) is 30.1 Å². The number of rotatable bonds is 5. The summed E-state index contributed by atoms with van der Waals surface area (Å²) in [6.07, 6.45) is 3.65. The number of likely N-dealkylation sites (N-methyl/N-ethyl adjacent to an activating group) is 1. The molecule has 1 saturated carbocycles. The minimum absolute atomic E-state index is 0.0243. The van der Waals surface area contributed by atoms with Crippen LogP contribution in [0.5, 0.6) is 0 Å². The van der Waals surface area contributed by atoms with E-state index in [4.69, 9.17) is 0 Å². The molecule has 1 saturated heterocycles. The molecule has 5 rings (SSSR count). The van der Waals surface area contributed by atoms with Gasteiger partial charge in [0.05, 0.1) is 18.5 Å². The fraction of sp³-hybridized carbons (Fsp3) is 0.435. The van der Waals surface area contributed by atoms with Crippen LogP contribution in [-0.4, -0.2) is 37.0 Å². The number of amides is 2. The molecule has 2 bridgehead atoms. The van der Waals surface area contributed by atoms with Crippen molar-refractivity contribution in [2.75, 3.05) is 11.9 Å². The molecular weight excluding hydrogens is 415 g/mol. The first-order valence-corrected chi connectivity index (χ1v) is 11.4. The summed E-state index contributed by atoms with van der Waals surface area (Å²) in [4.78, 5) is 26.6. The first-order chi connectivity index (χ1) is 14.9. The number of thiophene rings is 1. The monoisotopic (exact) mass is 438 g/mol. The van der Waals surface area contributed by atoms with Gasteiger partial charge in [-0.05, 0) is 42.4 Å². The van der Waals surface area contributed by atoms with Crippen molar-refractivity contribution in [2.45, 2.75) is 50.2 Å². The van der Waals surface area contributed by atoms with Crippen LogP contribution in [0, 0.1) is 23.1 Å². The standard InChI is InChI=1S/C23H23FN4O2S/c1-28-18-7-12(2-3-13(18)8-20(28)29)17-11-31-19(21(17)24)9-16(10-25)27-23(30)22-14-4-5-15(6-14)26-22/h2-3,7,11,14-16,22,26H,4-6,8-9H2,1H3,(H,27,30). The summed E-state index contributed by atoms with van der Waals surface area (Å²) in [5.74, 6) is -0.179. The fourth-order valence-electron chi connectivity index (χ4n) is 5.05. The van der Waals surface area contributed by atoms with Crippen LogP contribution in [0.15, 0.2) is 23.6 Å².